The molecule has 4 heterocycles. The van der Waals surface area contributed by atoms with Crippen molar-refractivity contribution in [3.05, 3.63) is 47.5 Å². The monoisotopic (exact) mass is 519 g/mol. The van der Waals surface area contributed by atoms with E-state index in [-0.39, 0.29) is 29.7 Å². The lowest BCUT2D eigenvalue weighted by Crippen LogP contribution is -2.38. The third kappa shape index (κ3) is 4.63. The lowest BCUT2D eigenvalue weighted by Gasteiger charge is -2.27. The predicted molar refractivity (Wildman–Crippen MR) is 142 cm³/mol. The zero-order valence-corrected chi connectivity index (χ0v) is 22.0. The summed E-state index contributed by atoms with van der Waals surface area (Å²) < 4.78 is 22.0. The Morgan fingerprint density at radius 1 is 1.03 bits per heavy atom. The smallest absolute Gasteiger partial charge is 0.310 e. The summed E-state index contributed by atoms with van der Waals surface area (Å²) in [6, 6.07) is 8.97. The molecule has 0 unspecified atom stereocenters. The van der Waals surface area contributed by atoms with Crippen LogP contribution in [0.4, 0.5) is 10.1 Å². The molecule has 0 N–H and O–H groups in total. The van der Waals surface area contributed by atoms with Crippen LogP contribution in [0.5, 0.6) is 0 Å². The molecule has 2 saturated heterocycles. The van der Waals surface area contributed by atoms with Crippen LogP contribution in [0.25, 0.3) is 16.9 Å². The molecule has 0 radical (unpaired) electrons. The van der Waals surface area contributed by atoms with Crippen molar-refractivity contribution in [3.8, 4) is 11.3 Å². The minimum atomic E-state index is -0.380. The van der Waals surface area contributed by atoms with Crippen LogP contribution in [0.1, 0.15) is 74.0 Å². The molecule has 3 aliphatic rings. The number of anilines is 1. The Morgan fingerprint density at radius 2 is 1.87 bits per heavy atom. The second-order valence-electron chi connectivity index (χ2n) is 11.0. The Hall–Kier alpha value is -3.49. The number of carbonyl (C=O) groups is 2. The number of hydrogen-bond acceptors (Lipinski definition) is 6. The second-order valence-corrected chi connectivity index (χ2v) is 11.0. The molecule has 6 rings (SSSR count). The zero-order chi connectivity index (χ0) is 26.4. The molecule has 2 aliphatic heterocycles. The first kappa shape index (κ1) is 24.8. The summed E-state index contributed by atoms with van der Waals surface area (Å²) in [5.74, 6) is -0.488. The van der Waals surface area contributed by atoms with Gasteiger partial charge in [-0.15, -0.1) is 0 Å². The highest BCUT2D eigenvalue weighted by Crippen LogP contribution is 2.41. The topological polar surface area (TPSA) is 80.0 Å². The number of likely N-dealkylation sites (tertiary alicyclic amines) is 1. The van der Waals surface area contributed by atoms with E-state index in [1.54, 1.807) is 16.6 Å². The van der Waals surface area contributed by atoms with Crippen molar-refractivity contribution >= 4 is 23.2 Å². The van der Waals surface area contributed by atoms with Crippen molar-refractivity contribution in [1.82, 2.24) is 19.5 Å². The first-order valence-electron chi connectivity index (χ1n) is 13.8. The molecule has 8 nitrogen and oxygen atoms in total. The Morgan fingerprint density at radius 3 is 2.63 bits per heavy atom. The van der Waals surface area contributed by atoms with E-state index in [1.165, 1.54) is 13.2 Å². The number of fused-ring (bicyclic) bond motifs is 1. The van der Waals surface area contributed by atoms with Crippen LogP contribution in [-0.2, 0) is 9.53 Å². The number of esters is 1. The maximum Gasteiger partial charge on any atom is 0.310 e. The Kier molecular flexibility index (Phi) is 6.53. The van der Waals surface area contributed by atoms with Crippen LogP contribution in [0.3, 0.4) is 0 Å². The van der Waals surface area contributed by atoms with Gasteiger partial charge in [0, 0.05) is 54.6 Å². The molecule has 9 heteroatoms. The lowest BCUT2D eigenvalue weighted by molar-refractivity contribution is -0.144. The van der Waals surface area contributed by atoms with Crippen molar-refractivity contribution in [3.63, 3.8) is 0 Å². The van der Waals surface area contributed by atoms with Gasteiger partial charge in [-0.25, -0.2) is 13.9 Å². The number of ether oxygens (including phenoxy) is 1. The van der Waals surface area contributed by atoms with E-state index in [9.17, 15) is 9.59 Å². The number of amides is 1. The molecule has 1 saturated carbocycles. The van der Waals surface area contributed by atoms with E-state index >= 15 is 4.39 Å². The third-order valence-corrected chi connectivity index (χ3v) is 8.30. The number of hydrogen-bond donors (Lipinski definition) is 0. The van der Waals surface area contributed by atoms with Crippen LogP contribution in [-0.4, -0.2) is 64.2 Å². The molecule has 3 fully saturated rings. The van der Waals surface area contributed by atoms with E-state index in [0.29, 0.717) is 48.0 Å². The number of halogens is 1. The molecule has 3 aromatic rings. The van der Waals surface area contributed by atoms with Crippen LogP contribution < -0.4 is 4.90 Å². The van der Waals surface area contributed by atoms with Crippen LogP contribution in [0.2, 0.25) is 0 Å². The Bertz CT molecular complexity index is 1380. The molecule has 1 amide bonds. The molecular formula is C29H34FN5O3. The third-order valence-electron chi connectivity index (χ3n) is 8.30. The first-order valence-corrected chi connectivity index (χ1v) is 13.8. The van der Waals surface area contributed by atoms with E-state index < -0.39 is 0 Å². The van der Waals surface area contributed by atoms with Gasteiger partial charge in [-0.3, -0.25) is 9.59 Å². The summed E-state index contributed by atoms with van der Waals surface area (Å²) in [7, 11) is 1.39. The number of nitrogens with zero attached hydrogens (tertiary/aromatic N) is 5. The number of rotatable bonds is 5. The van der Waals surface area contributed by atoms with Crippen molar-refractivity contribution in [2.45, 2.75) is 63.8 Å². The van der Waals surface area contributed by atoms with Gasteiger partial charge in [-0.05, 0) is 63.3 Å². The van der Waals surface area contributed by atoms with Crippen LogP contribution in [0, 0.1) is 11.7 Å². The van der Waals surface area contributed by atoms with Crippen molar-refractivity contribution in [1.29, 1.82) is 0 Å². The van der Waals surface area contributed by atoms with E-state index in [1.807, 2.05) is 21.9 Å². The molecule has 200 valence electrons. The summed E-state index contributed by atoms with van der Waals surface area (Å²) in [6.07, 6.45) is 7.10. The van der Waals surface area contributed by atoms with Gasteiger partial charge in [0.1, 0.15) is 11.5 Å². The summed E-state index contributed by atoms with van der Waals surface area (Å²) >= 11 is 0. The van der Waals surface area contributed by atoms with Crippen molar-refractivity contribution in [2.24, 2.45) is 5.92 Å². The van der Waals surface area contributed by atoms with Crippen molar-refractivity contribution in [2.75, 3.05) is 31.6 Å². The summed E-state index contributed by atoms with van der Waals surface area (Å²) in [4.78, 5) is 34.1. The van der Waals surface area contributed by atoms with Gasteiger partial charge in [0.2, 0.25) is 0 Å². The molecule has 1 aromatic carbocycles. The van der Waals surface area contributed by atoms with E-state index in [4.69, 9.17) is 14.8 Å². The standard InChI is InChI=1S/C29H34FN5O3/c1-18-6-4-3-5-12-34(18)28(36)25-15-26(19-7-8-19)35-27(31-25)16-24(32-35)22-10-9-21(14-23(22)30)33-13-11-20(17-33)29(37)38-2/h9-10,14-16,18-20H,3-8,11-13,17H2,1-2H3/t18-,20+/m1/s1. The normalized spacial score (nSPS) is 22.1. The van der Waals surface area contributed by atoms with Crippen LogP contribution in [0.15, 0.2) is 30.3 Å². The van der Waals surface area contributed by atoms with Crippen LogP contribution >= 0.6 is 0 Å². The fourth-order valence-electron chi connectivity index (χ4n) is 5.89. The van der Waals surface area contributed by atoms with Gasteiger partial charge in [-0.2, -0.15) is 5.10 Å². The highest BCUT2D eigenvalue weighted by molar-refractivity contribution is 5.93. The van der Waals surface area contributed by atoms with E-state index in [2.05, 4.69) is 6.92 Å². The van der Waals surface area contributed by atoms with Gasteiger partial charge in [0.15, 0.2) is 5.65 Å². The Labute approximate surface area is 221 Å². The minimum absolute atomic E-state index is 0.0297. The summed E-state index contributed by atoms with van der Waals surface area (Å²) in [5.41, 5.74) is 3.60. The minimum Gasteiger partial charge on any atom is -0.469 e. The first-order chi connectivity index (χ1) is 18.4. The molecule has 1 aliphatic carbocycles. The molecule has 0 spiro atoms. The molecule has 2 aromatic heterocycles. The number of carbonyl (C=O) groups excluding carboxylic acids is 2. The fourth-order valence-corrected chi connectivity index (χ4v) is 5.89. The Balaban J connectivity index is 1.30. The van der Waals surface area contributed by atoms with E-state index in [0.717, 1.165) is 56.5 Å². The number of aromatic nitrogens is 3. The quantitative estimate of drug-likeness (QED) is 0.450. The highest BCUT2D eigenvalue weighted by Gasteiger charge is 2.32. The van der Waals surface area contributed by atoms with Crippen molar-refractivity contribution < 1.29 is 18.7 Å². The number of benzene rings is 1. The SMILES string of the molecule is COC(=O)[C@H]1CCN(c2ccc(-c3cc4nc(C(=O)N5CCCCC[C@H]5C)cc(C5CC5)n4n3)c(F)c2)C1. The maximum atomic E-state index is 15.4. The predicted octanol–water partition coefficient (Wildman–Crippen LogP) is 4.82. The van der Waals surface area contributed by atoms with Gasteiger partial charge in [-0.1, -0.05) is 12.8 Å². The van der Waals surface area contributed by atoms with Gasteiger partial charge >= 0.3 is 5.97 Å². The maximum absolute atomic E-state index is 15.4. The highest BCUT2D eigenvalue weighted by atomic mass is 19.1. The summed E-state index contributed by atoms with van der Waals surface area (Å²) in [6.45, 7) is 4.06. The zero-order valence-electron chi connectivity index (χ0n) is 22.0. The average molecular weight is 520 g/mol. The molecular weight excluding hydrogens is 485 g/mol. The second kappa shape index (κ2) is 10.0. The van der Waals surface area contributed by atoms with Gasteiger partial charge in [0.25, 0.3) is 5.91 Å². The lowest BCUT2D eigenvalue weighted by atomic mass is 10.1. The molecule has 2 atom stereocenters. The average Bonchev–Trinajstić information content (AvgIpc) is 3.55. The molecule has 0 bridgehead atoms. The summed E-state index contributed by atoms with van der Waals surface area (Å²) in [5, 5.41) is 4.74. The fraction of sp³-hybridized carbons (Fsp3) is 0.517. The van der Waals surface area contributed by atoms with Gasteiger partial charge < -0.3 is 14.5 Å². The van der Waals surface area contributed by atoms with Gasteiger partial charge in [0.05, 0.1) is 18.7 Å². The molecule has 38 heavy (non-hydrogen) atoms. The number of methoxy groups -OCH3 is 1. The largest absolute Gasteiger partial charge is 0.469 e.